The molecule has 1 aromatic heterocycles. The molecule has 0 aliphatic rings. The molecule has 1 heterocycles. The van der Waals surface area contributed by atoms with Gasteiger partial charge in [0.25, 0.3) is 5.91 Å². The first kappa shape index (κ1) is 14.0. The van der Waals surface area contributed by atoms with Crippen molar-refractivity contribution in [2.24, 2.45) is 5.92 Å². The number of nitrogens with zero attached hydrogens (tertiary/aromatic N) is 1. The van der Waals surface area contributed by atoms with Crippen molar-refractivity contribution in [1.29, 1.82) is 0 Å². The molecule has 0 saturated carbocycles. The summed E-state index contributed by atoms with van der Waals surface area (Å²) in [5.74, 6) is 0.972. The zero-order valence-corrected chi connectivity index (χ0v) is 11.1. The number of carbonyl (C=O) groups is 1. The van der Waals surface area contributed by atoms with Gasteiger partial charge >= 0.3 is 0 Å². The van der Waals surface area contributed by atoms with Gasteiger partial charge in [-0.05, 0) is 31.4 Å². The Hall–Kier alpha value is -1.09. The Labute approximate surface area is 108 Å². The van der Waals surface area contributed by atoms with E-state index in [2.05, 4.69) is 17.2 Å². The smallest absolute Gasteiger partial charge is 0.269 e. The zero-order valence-electron chi connectivity index (χ0n) is 10.4. The molecule has 4 heteroatoms. The first-order chi connectivity index (χ1) is 8.17. The number of amides is 1. The molecule has 1 aromatic rings. The summed E-state index contributed by atoms with van der Waals surface area (Å²) in [4.78, 5) is 16.0. The van der Waals surface area contributed by atoms with Gasteiger partial charge in [0.05, 0.1) is 0 Å². The number of aryl methyl sites for hydroxylation is 1. The van der Waals surface area contributed by atoms with Crippen molar-refractivity contribution >= 4 is 17.5 Å². The van der Waals surface area contributed by atoms with E-state index in [0.717, 1.165) is 18.5 Å². The van der Waals surface area contributed by atoms with Gasteiger partial charge in [0.15, 0.2) is 0 Å². The van der Waals surface area contributed by atoms with Crippen LogP contribution in [0.4, 0.5) is 0 Å². The monoisotopic (exact) mass is 254 g/mol. The maximum Gasteiger partial charge on any atom is 0.269 e. The molecule has 0 aliphatic heterocycles. The Morgan fingerprint density at radius 2 is 2.29 bits per heavy atom. The van der Waals surface area contributed by atoms with Crippen molar-refractivity contribution in [1.82, 2.24) is 10.3 Å². The van der Waals surface area contributed by atoms with E-state index in [1.165, 1.54) is 0 Å². The van der Waals surface area contributed by atoms with E-state index < -0.39 is 0 Å². The van der Waals surface area contributed by atoms with Crippen LogP contribution in [0.25, 0.3) is 0 Å². The number of pyridine rings is 1. The lowest BCUT2D eigenvalue weighted by atomic mass is 10.0. The molecule has 3 nitrogen and oxygen atoms in total. The lowest BCUT2D eigenvalue weighted by Crippen LogP contribution is -2.30. The topological polar surface area (TPSA) is 42.0 Å². The number of hydrogen-bond donors (Lipinski definition) is 1. The molecule has 1 rings (SSSR count). The summed E-state index contributed by atoms with van der Waals surface area (Å²) in [7, 11) is 0. The fourth-order valence-electron chi connectivity index (χ4n) is 1.60. The third-order valence-electron chi connectivity index (χ3n) is 2.77. The minimum atomic E-state index is -0.110. The second-order valence-electron chi connectivity index (χ2n) is 4.13. The fraction of sp³-hybridized carbons (Fsp3) is 0.538. The van der Waals surface area contributed by atoms with Gasteiger partial charge in [0.2, 0.25) is 0 Å². The molecule has 0 saturated heterocycles. The summed E-state index contributed by atoms with van der Waals surface area (Å²) < 4.78 is 0. The maximum atomic E-state index is 11.8. The third-order valence-corrected chi connectivity index (χ3v) is 2.99. The largest absolute Gasteiger partial charge is 0.350 e. The number of alkyl halides is 1. The van der Waals surface area contributed by atoms with Gasteiger partial charge in [-0.2, -0.15) is 0 Å². The van der Waals surface area contributed by atoms with E-state index in [4.69, 9.17) is 11.6 Å². The van der Waals surface area contributed by atoms with E-state index in [1.54, 1.807) is 6.07 Å². The number of hydrogen-bond acceptors (Lipinski definition) is 2. The predicted octanol–water partition coefficient (Wildman–Crippen LogP) is 2.77. The third kappa shape index (κ3) is 4.73. The van der Waals surface area contributed by atoms with Crippen LogP contribution in [-0.4, -0.2) is 23.3 Å². The molecule has 0 bridgehead atoms. The Balaban J connectivity index is 2.49. The SMILES string of the molecule is CCC(CCCl)CNC(=O)c1cccc(C)n1. The average Bonchev–Trinajstić information content (AvgIpc) is 2.34. The van der Waals surface area contributed by atoms with E-state index in [1.807, 2.05) is 19.1 Å². The Morgan fingerprint density at radius 1 is 1.53 bits per heavy atom. The van der Waals surface area contributed by atoms with Gasteiger partial charge in [-0.3, -0.25) is 4.79 Å². The van der Waals surface area contributed by atoms with E-state index in [0.29, 0.717) is 24.0 Å². The van der Waals surface area contributed by atoms with Gasteiger partial charge in [0.1, 0.15) is 5.69 Å². The highest BCUT2D eigenvalue weighted by molar-refractivity contribution is 6.17. The molecular weight excluding hydrogens is 236 g/mol. The van der Waals surface area contributed by atoms with Crippen LogP contribution in [-0.2, 0) is 0 Å². The van der Waals surface area contributed by atoms with Crippen LogP contribution >= 0.6 is 11.6 Å². The van der Waals surface area contributed by atoms with Gasteiger partial charge in [-0.15, -0.1) is 11.6 Å². The number of halogens is 1. The molecule has 0 aliphatic carbocycles. The van der Waals surface area contributed by atoms with Gasteiger partial charge in [-0.25, -0.2) is 4.98 Å². The van der Waals surface area contributed by atoms with E-state index in [-0.39, 0.29) is 5.91 Å². The fourth-order valence-corrected chi connectivity index (χ4v) is 1.91. The molecule has 1 N–H and O–H groups in total. The van der Waals surface area contributed by atoms with E-state index in [9.17, 15) is 4.79 Å². The number of rotatable bonds is 6. The highest BCUT2D eigenvalue weighted by Gasteiger charge is 2.10. The van der Waals surface area contributed by atoms with Crippen LogP contribution in [0.2, 0.25) is 0 Å². The van der Waals surface area contributed by atoms with Crippen molar-refractivity contribution in [3.05, 3.63) is 29.6 Å². The van der Waals surface area contributed by atoms with Crippen LogP contribution in [0.1, 0.15) is 35.9 Å². The maximum absolute atomic E-state index is 11.8. The average molecular weight is 255 g/mol. The lowest BCUT2D eigenvalue weighted by molar-refractivity contribution is 0.0941. The number of nitrogens with one attached hydrogen (secondary N) is 1. The Morgan fingerprint density at radius 3 is 2.88 bits per heavy atom. The van der Waals surface area contributed by atoms with Crippen molar-refractivity contribution in [3.63, 3.8) is 0 Å². The summed E-state index contributed by atoms with van der Waals surface area (Å²) in [6.07, 6.45) is 1.95. The molecule has 0 spiro atoms. The van der Waals surface area contributed by atoms with Gasteiger partial charge in [-0.1, -0.05) is 19.4 Å². The molecule has 0 aromatic carbocycles. The predicted molar refractivity (Wildman–Crippen MR) is 70.4 cm³/mol. The molecule has 17 heavy (non-hydrogen) atoms. The molecule has 1 amide bonds. The quantitative estimate of drug-likeness (QED) is 0.794. The summed E-state index contributed by atoms with van der Waals surface area (Å²) in [5.41, 5.74) is 1.33. The van der Waals surface area contributed by atoms with Gasteiger partial charge < -0.3 is 5.32 Å². The second kappa shape index (κ2) is 7.28. The van der Waals surface area contributed by atoms with Crippen molar-refractivity contribution < 1.29 is 4.79 Å². The molecular formula is C13H19ClN2O. The Bertz CT molecular complexity index is 368. The Kier molecular flexibility index (Phi) is 5.98. The summed E-state index contributed by atoms with van der Waals surface area (Å²) in [6.45, 7) is 4.64. The highest BCUT2D eigenvalue weighted by atomic mass is 35.5. The minimum Gasteiger partial charge on any atom is -0.350 e. The summed E-state index contributed by atoms with van der Waals surface area (Å²) in [6, 6.07) is 5.44. The van der Waals surface area contributed by atoms with Gasteiger partial charge in [0, 0.05) is 18.1 Å². The lowest BCUT2D eigenvalue weighted by Gasteiger charge is -2.13. The molecule has 0 radical (unpaired) electrons. The highest BCUT2D eigenvalue weighted by Crippen LogP contribution is 2.08. The van der Waals surface area contributed by atoms with Crippen molar-refractivity contribution in [3.8, 4) is 0 Å². The van der Waals surface area contributed by atoms with Crippen LogP contribution in [0.5, 0.6) is 0 Å². The second-order valence-corrected chi connectivity index (χ2v) is 4.50. The van der Waals surface area contributed by atoms with Crippen LogP contribution < -0.4 is 5.32 Å². The molecule has 94 valence electrons. The van der Waals surface area contributed by atoms with Crippen molar-refractivity contribution in [2.45, 2.75) is 26.7 Å². The van der Waals surface area contributed by atoms with E-state index >= 15 is 0 Å². The normalized spacial score (nSPS) is 12.2. The summed E-state index contributed by atoms with van der Waals surface area (Å²) >= 11 is 5.70. The number of carbonyl (C=O) groups excluding carboxylic acids is 1. The first-order valence-electron chi connectivity index (χ1n) is 5.95. The zero-order chi connectivity index (χ0) is 12.7. The van der Waals surface area contributed by atoms with Crippen LogP contribution in [0.15, 0.2) is 18.2 Å². The summed E-state index contributed by atoms with van der Waals surface area (Å²) in [5, 5.41) is 2.90. The van der Waals surface area contributed by atoms with Crippen LogP contribution in [0.3, 0.4) is 0 Å². The molecule has 1 atom stereocenters. The van der Waals surface area contributed by atoms with Crippen LogP contribution in [0, 0.1) is 12.8 Å². The standard InChI is InChI=1S/C13H19ClN2O/c1-3-11(7-8-14)9-15-13(17)12-6-4-5-10(2)16-12/h4-6,11H,3,7-9H2,1-2H3,(H,15,17). The van der Waals surface area contributed by atoms with Crippen molar-refractivity contribution in [2.75, 3.05) is 12.4 Å². The number of aromatic nitrogens is 1. The molecule has 1 unspecified atom stereocenters. The molecule has 0 fully saturated rings. The minimum absolute atomic E-state index is 0.110. The first-order valence-corrected chi connectivity index (χ1v) is 6.48.